The largest absolute Gasteiger partial charge is 0.493 e. The van der Waals surface area contributed by atoms with Crippen molar-refractivity contribution in [3.63, 3.8) is 0 Å². The van der Waals surface area contributed by atoms with Crippen LogP contribution in [0.15, 0.2) is 48.5 Å². The van der Waals surface area contributed by atoms with E-state index in [0.717, 1.165) is 37.8 Å². The van der Waals surface area contributed by atoms with E-state index in [0.29, 0.717) is 63.0 Å². The number of β-amino-alcohol motifs (C(OH)–C–C–N with tert-alkyl or cyclic N) is 1. The molecule has 40 heavy (non-hydrogen) atoms. The van der Waals surface area contributed by atoms with Crippen LogP contribution in [0, 0.1) is 0 Å². The molecule has 1 atom stereocenters. The molecule has 4 rings (SSSR count). The predicted octanol–water partition coefficient (Wildman–Crippen LogP) is 3.34. The van der Waals surface area contributed by atoms with Crippen LogP contribution >= 0.6 is 0 Å². The van der Waals surface area contributed by atoms with E-state index in [2.05, 4.69) is 4.90 Å². The van der Waals surface area contributed by atoms with Gasteiger partial charge in [0.25, 0.3) is 0 Å². The highest BCUT2D eigenvalue weighted by Gasteiger charge is 2.37. The molecule has 0 radical (unpaired) electrons. The summed E-state index contributed by atoms with van der Waals surface area (Å²) in [6.45, 7) is 5.91. The molecular formula is C31H43N3O6. The fourth-order valence-corrected chi connectivity index (χ4v) is 5.37. The number of ether oxygens (including phenoxy) is 3. The highest BCUT2D eigenvalue weighted by Crippen LogP contribution is 2.29. The lowest BCUT2D eigenvalue weighted by molar-refractivity contribution is -0.132. The van der Waals surface area contributed by atoms with Crippen LogP contribution in [0.2, 0.25) is 0 Å². The summed E-state index contributed by atoms with van der Waals surface area (Å²) in [6.07, 6.45) is 4.56. The fraction of sp³-hybridized carbons (Fsp3) is 0.548. The first-order valence-electron chi connectivity index (χ1n) is 14.3. The maximum Gasteiger partial charge on any atom is 0.222 e. The minimum atomic E-state index is -1.23. The SMILES string of the molecule is COc1ccc(CN2CCN(C(C)=O)CC(O)(COc3ccccc3)C2)cc1OCCCN1CCCCCC1=O. The van der Waals surface area contributed by atoms with Crippen molar-refractivity contribution in [3.8, 4) is 17.2 Å². The van der Waals surface area contributed by atoms with Crippen molar-refractivity contribution >= 4 is 11.8 Å². The molecule has 0 aromatic heterocycles. The van der Waals surface area contributed by atoms with Crippen LogP contribution in [-0.4, -0.2) is 96.8 Å². The van der Waals surface area contributed by atoms with Gasteiger partial charge in [-0.1, -0.05) is 30.7 Å². The number of hydrogen-bond acceptors (Lipinski definition) is 7. The fourth-order valence-electron chi connectivity index (χ4n) is 5.37. The van der Waals surface area contributed by atoms with Gasteiger partial charge in [-0.25, -0.2) is 0 Å². The number of carbonyl (C=O) groups excluding carboxylic acids is 2. The molecule has 2 amide bonds. The lowest BCUT2D eigenvalue weighted by atomic mass is 10.0. The van der Waals surface area contributed by atoms with E-state index in [9.17, 15) is 14.7 Å². The summed E-state index contributed by atoms with van der Waals surface area (Å²) in [7, 11) is 1.62. The standard InChI is InChI=1S/C31H43N3O6/c1-25(35)34-18-17-32(22-31(37,23-34)24-40-27-10-5-3-6-11-27)21-26-13-14-28(38-2)29(20-26)39-19-9-16-33-15-8-4-7-12-30(33)36/h3,5-6,10-11,13-14,20,37H,4,7-9,12,15-19,21-24H2,1-2H3. The van der Waals surface area contributed by atoms with E-state index < -0.39 is 5.60 Å². The van der Waals surface area contributed by atoms with Crippen molar-refractivity contribution in [1.82, 2.24) is 14.7 Å². The van der Waals surface area contributed by atoms with Gasteiger partial charge in [0.1, 0.15) is 18.0 Å². The first kappa shape index (κ1) is 29.7. The Morgan fingerprint density at radius 1 is 0.975 bits per heavy atom. The maximum absolute atomic E-state index is 12.3. The Morgan fingerprint density at radius 3 is 2.58 bits per heavy atom. The Hall–Kier alpha value is -3.30. The number of rotatable bonds is 11. The summed E-state index contributed by atoms with van der Waals surface area (Å²) in [6, 6.07) is 15.3. The van der Waals surface area contributed by atoms with Gasteiger partial charge in [0.2, 0.25) is 11.8 Å². The zero-order chi connectivity index (χ0) is 28.4. The number of nitrogens with zero attached hydrogens (tertiary/aromatic N) is 3. The van der Waals surface area contributed by atoms with Gasteiger partial charge in [-0.05, 0) is 49.1 Å². The second kappa shape index (κ2) is 14.4. The van der Waals surface area contributed by atoms with Gasteiger partial charge >= 0.3 is 0 Å². The van der Waals surface area contributed by atoms with Crippen molar-refractivity contribution in [2.24, 2.45) is 0 Å². The van der Waals surface area contributed by atoms with Crippen LogP contribution in [0.1, 0.15) is 44.6 Å². The molecule has 0 aliphatic carbocycles. The van der Waals surface area contributed by atoms with Crippen LogP contribution < -0.4 is 14.2 Å². The van der Waals surface area contributed by atoms with Gasteiger partial charge in [0, 0.05) is 52.6 Å². The van der Waals surface area contributed by atoms with Crippen molar-refractivity contribution in [2.45, 2.75) is 51.2 Å². The van der Waals surface area contributed by atoms with E-state index in [4.69, 9.17) is 14.2 Å². The van der Waals surface area contributed by atoms with Crippen molar-refractivity contribution in [1.29, 1.82) is 0 Å². The van der Waals surface area contributed by atoms with Gasteiger partial charge in [-0.2, -0.15) is 0 Å². The van der Waals surface area contributed by atoms with E-state index in [1.165, 1.54) is 6.92 Å². The number of amides is 2. The third-order valence-corrected chi connectivity index (χ3v) is 7.52. The Kier molecular flexibility index (Phi) is 10.7. The molecule has 9 heteroatoms. The molecule has 9 nitrogen and oxygen atoms in total. The molecule has 2 aromatic carbocycles. The van der Waals surface area contributed by atoms with Crippen molar-refractivity contribution in [2.75, 3.05) is 59.6 Å². The minimum Gasteiger partial charge on any atom is -0.493 e. The second-order valence-electron chi connectivity index (χ2n) is 10.9. The topological polar surface area (TPSA) is 91.8 Å². The average Bonchev–Trinajstić information content (AvgIpc) is 3.26. The maximum atomic E-state index is 12.3. The monoisotopic (exact) mass is 553 g/mol. The number of benzene rings is 2. The average molecular weight is 554 g/mol. The lowest BCUT2D eigenvalue weighted by Gasteiger charge is -2.32. The van der Waals surface area contributed by atoms with Crippen LogP contribution in [0.5, 0.6) is 17.2 Å². The Morgan fingerprint density at radius 2 is 1.80 bits per heavy atom. The molecule has 218 valence electrons. The van der Waals surface area contributed by atoms with Gasteiger partial charge in [-0.3, -0.25) is 14.5 Å². The summed E-state index contributed by atoms with van der Waals surface area (Å²) < 4.78 is 17.6. The Bertz CT molecular complexity index is 1110. The number of carbonyl (C=O) groups is 2. The smallest absolute Gasteiger partial charge is 0.222 e. The second-order valence-corrected chi connectivity index (χ2v) is 10.9. The zero-order valence-corrected chi connectivity index (χ0v) is 23.8. The van der Waals surface area contributed by atoms with Gasteiger partial charge in [-0.15, -0.1) is 0 Å². The van der Waals surface area contributed by atoms with Crippen LogP contribution in [-0.2, 0) is 16.1 Å². The van der Waals surface area contributed by atoms with E-state index in [-0.39, 0.29) is 25.0 Å². The Labute approximate surface area is 237 Å². The molecular weight excluding hydrogens is 510 g/mol. The van der Waals surface area contributed by atoms with Crippen molar-refractivity contribution in [3.05, 3.63) is 54.1 Å². The number of methoxy groups -OCH3 is 1. The van der Waals surface area contributed by atoms with Gasteiger partial charge in [0.15, 0.2) is 11.5 Å². The highest BCUT2D eigenvalue weighted by atomic mass is 16.5. The molecule has 1 unspecified atom stereocenters. The molecule has 1 N–H and O–H groups in total. The molecule has 0 saturated carbocycles. The number of hydrogen-bond donors (Lipinski definition) is 1. The quantitative estimate of drug-likeness (QED) is 0.427. The molecule has 0 bridgehead atoms. The number of para-hydroxylation sites is 1. The first-order valence-corrected chi connectivity index (χ1v) is 14.3. The highest BCUT2D eigenvalue weighted by molar-refractivity contribution is 5.76. The molecule has 2 heterocycles. The number of aliphatic hydroxyl groups is 1. The summed E-state index contributed by atoms with van der Waals surface area (Å²) in [5, 5.41) is 11.6. The third-order valence-electron chi connectivity index (χ3n) is 7.52. The molecule has 2 saturated heterocycles. The molecule has 2 aromatic rings. The van der Waals surface area contributed by atoms with Crippen LogP contribution in [0.25, 0.3) is 0 Å². The predicted molar refractivity (Wildman–Crippen MR) is 153 cm³/mol. The normalized spacial score (nSPS) is 20.5. The van der Waals surface area contributed by atoms with E-state index in [1.807, 2.05) is 53.4 Å². The summed E-state index contributed by atoms with van der Waals surface area (Å²) >= 11 is 0. The van der Waals surface area contributed by atoms with Crippen molar-refractivity contribution < 1.29 is 28.9 Å². The summed E-state index contributed by atoms with van der Waals surface area (Å²) in [5.74, 6) is 2.17. The van der Waals surface area contributed by atoms with Crippen LogP contribution in [0.3, 0.4) is 0 Å². The molecule has 2 aliphatic heterocycles. The number of likely N-dealkylation sites (tertiary alicyclic amines) is 1. The Balaban J connectivity index is 1.38. The van der Waals surface area contributed by atoms with Gasteiger partial charge < -0.3 is 29.1 Å². The van der Waals surface area contributed by atoms with Gasteiger partial charge in [0.05, 0.1) is 20.3 Å². The summed E-state index contributed by atoms with van der Waals surface area (Å²) in [4.78, 5) is 30.3. The molecule has 2 aliphatic rings. The van der Waals surface area contributed by atoms with E-state index in [1.54, 1.807) is 12.0 Å². The third kappa shape index (κ3) is 8.60. The molecule has 2 fully saturated rings. The lowest BCUT2D eigenvalue weighted by Crippen LogP contribution is -2.51. The minimum absolute atomic E-state index is 0.0676. The van der Waals surface area contributed by atoms with E-state index >= 15 is 0 Å². The summed E-state index contributed by atoms with van der Waals surface area (Å²) in [5.41, 5.74) is -0.213. The first-order chi connectivity index (χ1) is 19.3. The van der Waals surface area contributed by atoms with Crippen LogP contribution in [0.4, 0.5) is 0 Å². The molecule has 0 spiro atoms. The zero-order valence-electron chi connectivity index (χ0n) is 23.8.